The van der Waals surface area contributed by atoms with Gasteiger partial charge >= 0.3 is 5.69 Å². The zero-order chi connectivity index (χ0) is 13.3. The van der Waals surface area contributed by atoms with E-state index in [1.165, 1.54) is 22.8 Å². The number of aromatic nitrogens is 3. The highest BCUT2D eigenvalue weighted by molar-refractivity contribution is 7.09. The van der Waals surface area contributed by atoms with Gasteiger partial charge in [-0.25, -0.2) is 9.78 Å². The molecule has 0 aliphatic rings. The van der Waals surface area contributed by atoms with Crippen LogP contribution in [0.2, 0.25) is 0 Å². The SMILES string of the molecule is CCC(c1nccs1)n1c(O)c(C)c(=O)[nH]c1=O. The van der Waals surface area contributed by atoms with Crippen LogP contribution in [-0.4, -0.2) is 19.6 Å². The molecule has 2 aromatic heterocycles. The van der Waals surface area contributed by atoms with E-state index >= 15 is 0 Å². The van der Waals surface area contributed by atoms with Gasteiger partial charge in [0.05, 0.1) is 11.6 Å². The maximum absolute atomic E-state index is 11.8. The Bertz CT molecular complexity index is 657. The first-order valence-electron chi connectivity index (χ1n) is 5.50. The molecular formula is C11H13N3O3S. The molecule has 0 radical (unpaired) electrons. The number of thiazole rings is 1. The molecule has 1 atom stereocenters. The van der Waals surface area contributed by atoms with Crippen molar-refractivity contribution >= 4 is 11.3 Å². The van der Waals surface area contributed by atoms with Crippen LogP contribution in [0.4, 0.5) is 0 Å². The summed E-state index contributed by atoms with van der Waals surface area (Å²) in [5.41, 5.74) is -1.06. The van der Waals surface area contributed by atoms with Crippen molar-refractivity contribution in [3.63, 3.8) is 0 Å². The zero-order valence-corrected chi connectivity index (χ0v) is 10.8. The first-order valence-corrected chi connectivity index (χ1v) is 6.38. The molecule has 0 aliphatic carbocycles. The Morgan fingerprint density at radius 1 is 1.56 bits per heavy atom. The number of rotatable bonds is 3. The number of aromatic amines is 1. The molecule has 2 aromatic rings. The van der Waals surface area contributed by atoms with Crippen LogP contribution >= 0.6 is 11.3 Å². The van der Waals surface area contributed by atoms with Crippen molar-refractivity contribution in [3.05, 3.63) is 43.0 Å². The van der Waals surface area contributed by atoms with Gasteiger partial charge in [-0.15, -0.1) is 11.3 Å². The largest absolute Gasteiger partial charge is 0.494 e. The molecular weight excluding hydrogens is 254 g/mol. The highest BCUT2D eigenvalue weighted by Gasteiger charge is 2.21. The van der Waals surface area contributed by atoms with Gasteiger partial charge in [-0.3, -0.25) is 14.3 Å². The van der Waals surface area contributed by atoms with Crippen molar-refractivity contribution in [1.29, 1.82) is 0 Å². The van der Waals surface area contributed by atoms with E-state index in [-0.39, 0.29) is 17.5 Å². The average Bonchev–Trinajstić information content (AvgIpc) is 2.85. The molecule has 96 valence electrons. The van der Waals surface area contributed by atoms with Crippen molar-refractivity contribution in [1.82, 2.24) is 14.5 Å². The topological polar surface area (TPSA) is 88.0 Å². The van der Waals surface area contributed by atoms with Crippen molar-refractivity contribution in [2.24, 2.45) is 0 Å². The Balaban J connectivity index is 2.67. The summed E-state index contributed by atoms with van der Waals surface area (Å²) in [5, 5.41) is 12.5. The Morgan fingerprint density at radius 3 is 2.83 bits per heavy atom. The lowest BCUT2D eigenvalue weighted by Gasteiger charge is -2.17. The molecule has 2 N–H and O–H groups in total. The Morgan fingerprint density at radius 2 is 2.28 bits per heavy atom. The van der Waals surface area contributed by atoms with Crippen LogP contribution in [0, 0.1) is 6.92 Å². The van der Waals surface area contributed by atoms with Gasteiger partial charge in [0.2, 0.25) is 5.88 Å². The first kappa shape index (κ1) is 12.6. The van der Waals surface area contributed by atoms with Gasteiger partial charge in [-0.1, -0.05) is 6.92 Å². The molecule has 0 spiro atoms. The maximum atomic E-state index is 11.8. The van der Waals surface area contributed by atoms with Crippen LogP contribution in [0.5, 0.6) is 5.88 Å². The van der Waals surface area contributed by atoms with Crippen LogP contribution in [-0.2, 0) is 0 Å². The second-order valence-electron chi connectivity index (χ2n) is 3.87. The van der Waals surface area contributed by atoms with Crippen molar-refractivity contribution in [2.45, 2.75) is 26.3 Å². The van der Waals surface area contributed by atoms with Crippen molar-refractivity contribution in [2.75, 3.05) is 0 Å². The molecule has 18 heavy (non-hydrogen) atoms. The average molecular weight is 267 g/mol. The van der Waals surface area contributed by atoms with Gasteiger partial charge in [-0.2, -0.15) is 0 Å². The third-order valence-corrected chi connectivity index (χ3v) is 3.66. The Labute approximate surface area is 107 Å². The van der Waals surface area contributed by atoms with E-state index < -0.39 is 11.2 Å². The molecule has 2 rings (SSSR count). The Kier molecular flexibility index (Phi) is 3.33. The molecule has 0 aromatic carbocycles. The fourth-order valence-corrected chi connectivity index (χ4v) is 2.60. The summed E-state index contributed by atoms with van der Waals surface area (Å²) in [6.45, 7) is 3.36. The molecule has 7 heteroatoms. The van der Waals surface area contributed by atoms with Crippen LogP contribution in [0.15, 0.2) is 21.2 Å². The van der Waals surface area contributed by atoms with E-state index in [2.05, 4.69) is 9.97 Å². The smallest absolute Gasteiger partial charge is 0.331 e. The molecule has 0 fully saturated rings. The van der Waals surface area contributed by atoms with E-state index in [1.807, 2.05) is 6.92 Å². The van der Waals surface area contributed by atoms with Crippen molar-refractivity contribution in [3.8, 4) is 5.88 Å². The lowest BCUT2D eigenvalue weighted by atomic mass is 10.2. The molecule has 6 nitrogen and oxygen atoms in total. The second kappa shape index (κ2) is 4.77. The zero-order valence-electron chi connectivity index (χ0n) is 10.0. The third kappa shape index (κ3) is 1.97. The molecule has 0 saturated heterocycles. The van der Waals surface area contributed by atoms with Crippen LogP contribution < -0.4 is 11.2 Å². The van der Waals surface area contributed by atoms with Crippen molar-refractivity contribution < 1.29 is 5.11 Å². The molecule has 0 saturated carbocycles. The minimum absolute atomic E-state index is 0.129. The maximum Gasteiger partial charge on any atom is 0.331 e. The van der Waals surface area contributed by atoms with Gasteiger partial charge in [0.25, 0.3) is 5.56 Å². The lowest BCUT2D eigenvalue weighted by Crippen LogP contribution is -2.34. The molecule has 0 aliphatic heterocycles. The van der Waals surface area contributed by atoms with E-state index in [9.17, 15) is 14.7 Å². The normalized spacial score (nSPS) is 12.6. The van der Waals surface area contributed by atoms with Gasteiger partial charge in [-0.05, 0) is 13.3 Å². The number of H-pyrrole nitrogens is 1. The summed E-state index contributed by atoms with van der Waals surface area (Å²) in [4.78, 5) is 29.5. The predicted octanol–water partition coefficient (Wildman–Crippen LogP) is 1.01. The Hall–Kier alpha value is -1.89. The molecule has 0 bridgehead atoms. The third-order valence-electron chi connectivity index (χ3n) is 2.78. The van der Waals surface area contributed by atoms with Crippen LogP contribution in [0.3, 0.4) is 0 Å². The fourth-order valence-electron chi connectivity index (χ4n) is 1.79. The second-order valence-corrected chi connectivity index (χ2v) is 4.80. The summed E-state index contributed by atoms with van der Waals surface area (Å²) in [7, 11) is 0. The quantitative estimate of drug-likeness (QED) is 0.868. The van der Waals surface area contributed by atoms with E-state index in [4.69, 9.17) is 0 Å². The van der Waals surface area contributed by atoms with E-state index in [0.29, 0.717) is 6.42 Å². The highest BCUT2D eigenvalue weighted by atomic mass is 32.1. The van der Waals surface area contributed by atoms with Gasteiger partial charge in [0.1, 0.15) is 5.01 Å². The summed E-state index contributed by atoms with van der Waals surface area (Å²) in [5.74, 6) is -0.300. The van der Waals surface area contributed by atoms with Crippen LogP contribution in [0.25, 0.3) is 0 Å². The standard InChI is InChI=1S/C11H13N3O3S/c1-3-7(9-12-4-5-18-9)14-10(16)6(2)8(15)13-11(14)17/h4-5,7,16H,3H2,1-2H3,(H,13,15,17). The fraction of sp³-hybridized carbons (Fsp3) is 0.364. The van der Waals surface area contributed by atoms with Gasteiger partial charge < -0.3 is 5.11 Å². The summed E-state index contributed by atoms with van der Waals surface area (Å²) >= 11 is 1.40. The van der Waals surface area contributed by atoms with E-state index in [1.54, 1.807) is 11.6 Å². The number of nitrogens with one attached hydrogen (secondary N) is 1. The van der Waals surface area contributed by atoms with E-state index in [0.717, 1.165) is 5.01 Å². The molecule has 2 heterocycles. The number of aromatic hydroxyl groups is 1. The van der Waals surface area contributed by atoms with Crippen LogP contribution in [0.1, 0.15) is 30.0 Å². The van der Waals surface area contributed by atoms with Gasteiger partial charge in [0, 0.05) is 11.6 Å². The summed E-state index contributed by atoms with van der Waals surface area (Å²) in [6, 6.07) is -0.368. The number of hydrogen-bond donors (Lipinski definition) is 2. The molecule has 0 amide bonds. The monoisotopic (exact) mass is 267 g/mol. The summed E-state index contributed by atoms with van der Waals surface area (Å²) in [6.07, 6.45) is 2.23. The number of nitrogens with zero attached hydrogens (tertiary/aromatic N) is 2. The predicted molar refractivity (Wildman–Crippen MR) is 68.3 cm³/mol. The summed E-state index contributed by atoms with van der Waals surface area (Å²) < 4.78 is 1.18. The minimum atomic E-state index is -0.620. The van der Waals surface area contributed by atoms with Gasteiger partial charge in [0.15, 0.2) is 0 Å². The lowest BCUT2D eigenvalue weighted by molar-refractivity contribution is 0.372. The first-order chi connectivity index (χ1) is 8.56. The molecule has 1 unspecified atom stereocenters. The highest BCUT2D eigenvalue weighted by Crippen LogP contribution is 2.26. The number of hydrogen-bond acceptors (Lipinski definition) is 5. The minimum Gasteiger partial charge on any atom is -0.494 e.